The second kappa shape index (κ2) is 11.8. The SMILES string of the molecule is CN/C(=C\I)c1ccc2c(c1)c(F)c1n2COc2cc(-c3cnc([C@@H]4CCCN4C(=O)[C@@H](NC)C(C)I)[nH]3)cc(F)c2-1. The van der Waals surface area contributed by atoms with Crippen molar-refractivity contribution >= 4 is 67.7 Å². The van der Waals surface area contributed by atoms with Gasteiger partial charge in [-0.25, -0.2) is 13.8 Å². The van der Waals surface area contributed by atoms with Crippen molar-refractivity contribution in [3.05, 3.63) is 63.6 Å². The van der Waals surface area contributed by atoms with Gasteiger partial charge in [-0.15, -0.1) is 0 Å². The van der Waals surface area contributed by atoms with Gasteiger partial charge in [-0.3, -0.25) is 4.79 Å². The highest BCUT2D eigenvalue weighted by Gasteiger charge is 2.36. The summed E-state index contributed by atoms with van der Waals surface area (Å²) in [5, 5.41) is 6.64. The molecule has 42 heavy (non-hydrogen) atoms. The predicted molar refractivity (Wildman–Crippen MR) is 177 cm³/mol. The number of halogens is 4. The van der Waals surface area contributed by atoms with E-state index in [2.05, 4.69) is 65.8 Å². The van der Waals surface area contributed by atoms with Crippen molar-refractivity contribution in [2.24, 2.45) is 0 Å². The Hall–Kier alpha value is -2.72. The summed E-state index contributed by atoms with van der Waals surface area (Å²) in [7, 11) is 3.61. The van der Waals surface area contributed by atoms with Crippen molar-refractivity contribution in [2.45, 2.75) is 42.5 Å². The van der Waals surface area contributed by atoms with E-state index < -0.39 is 11.6 Å². The van der Waals surface area contributed by atoms with E-state index in [1.807, 2.05) is 35.1 Å². The lowest BCUT2D eigenvalue weighted by Gasteiger charge is -2.29. The molecule has 2 aliphatic rings. The third-order valence-corrected chi connectivity index (χ3v) is 9.47. The van der Waals surface area contributed by atoms with Gasteiger partial charge in [-0.2, -0.15) is 0 Å². The first kappa shape index (κ1) is 29.4. The topological polar surface area (TPSA) is 87.2 Å². The van der Waals surface area contributed by atoms with Crippen molar-refractivity contribution in [3.8, 4) is 28.3 Å². The molecule has 4 heterocycles. The van der Waals surface area contributed by atoms with Crippen molar-refractivity contribution in [1.82, 2.24) is 30.1 Å². The molecule has 0 spiro atoms. The molecule has 0 radical (unpaired) electrons. The van der Waals surface area contributed by atoms with Crippen LogP contribution in [0, 0.1) is 11.6 Å². The number of benzene rings is 2. The molecule has 2 aromatic heterocycles. The fourth-order valence-electron chi connectivity index (χ4n) is 6.03. The van der Waals surface area contributed by atoms with Crippen LogP contribution >= 0.6 is 45.2 Å². The summed E-state index contributed by atoms with van der Waals surface area (Å²) in [4.78, 5) is 23.0. The van der Waals surface area contributed by atoms with Crippen molar-refractivity contribution in [3.63, 3.8) is 0 Å². The number of likely N-dealkylation sites (tertiary alicyclic amines) is 1. The first-order chi connectivity index (χ1) is 20.3. The minimum atomic E-state index is -0.588. The number of nitrogens with one attached hydrogen (secondary N) is 3. The number of carbonyl (C=O) groups is 1. The Morgan fingerprint density at radius 3 is 2.79 bits per heavy atom. The normalized spacial score (nSPS) is 18.0. The number of carbonyl (C=O) groups excluding carboxylic acids is 1. The monoisotopic (exact) mass is 798 g/mol. The lowest BCUT2D eigenvalue weighted by Crippen LogP contribution is -2.48. The van der Waals surface area contributed by atoms with Gasteiger partial charge in [0.1, 0.15) is 17.4 Å². The summed E-state index contributed by atoms with van der Waals surface area (Å²) in [5.41, 5.74) is 3.73. The first-order valence-corrected chi connectivity index (χ1v) is 16.2. The average molecular weight is 798 g/mol. The van der Waals surface area contributed by atoms with Crippen LogP contribution in [0.4, 0.5) is 8.78 Å². The molecule has 12 heteroatoms. The lowest BCUT2D eigenvalue weighted by molar-refractivity contribution is -0.134. The summed E-state index contributed by atoms with van der Waals surface area (Å²) in [6.07, 6.45) is 3.32. The highest BCUT2D eigenvalue weighted by atomic mass is 127. The van der Waals surface area contributed by atoms with Gasteiger partial charge in [0.15, 0.2) is 12.5 Å². The van der Waals surface area contributed by atoms with Crippen molar-refractivity contribution < 1.29 is 18.3 Å². The fourth-order valence-corrected chi connectivity index (χ4v) is 7.37. The van der Waals surface area contributed by atoms with E-state index in [0.717, 1.165) is 24.1 Å². The number of hydrogen-bond acceptors (Lipinski definition) is 5. The lowest BCUT2D eigenvalue weighted by atomic mass is 10.0. The largest absolute Gasteiger partial charge is 0.472 e. The molecule has 0 saturated carbocycles. The predicted octanol–water partition coefficient (Wildman–Crippen LogP) is 6.35. The standard InChI is InChI=1S/C30H30F2I2N6O2/c1-15(34)27(36-3)30(41)39-8-4-5-23(39)29-37-13-21(38-29)17-10-19(31)25-24(11-17)42-14-40-22-7-6-16(20(12-33)35-2)9-18(22)26(32)28(25)40/h6-7,9-13,15,23,27,35-36H,4-5,8,14H2,1-3H3,(H,37,38)/b20-12-/t15?,23-,27-/m0/s1. The molecule has 1 amide bonds. The Morgan fingerprint density at radius 2 is 2.07 bits per heavy atom. The molecule has 0 bridgehead atoms. The molecule has 2 aliphatic heterocycles. The minimum absolute atomic E-state index is 0.0464. The highest BCUT2D eigenvalue weighted by Crippen LogP contribution is 2.44. The van der Waals surface area contributed by atoms with E-state index >= 15 is 8.78 Å². The molecule has 3 N–H and O–H groups in total. The Balaban J connectivity index is 1.34. The van der Waals surface area contributed by atoms with Gasteiger partial charge < -0.3 is 29.8 Å². The number of H-pyrrole nitrogens is 1. The number of amides is 1. The number of nitrogens with zero attached hydrogens (tertiary/aromatic N) is 3. The zero-order valence-corrected chi connectivity index (χ0v) is 27.6. The zero-order chi connectivity index (χ0) is 29.7. The van der Waals surface area contributed by atoms with Crippen LogP contribution in [0.5, 0.6) is 5.75 Å². The third kappa shape index (κ3) is 4.88. The summed E-state index contributed by atoms with van der Waals surface area (Å²) < 4.78 is 41.4. The van der Waals surface area contributed by atoms with Crippen LogP contribution in [0.15, 0.2) is 40.6 Å². The van der Waals surface area contributed by atoms with Crippen LogP contribution in [0.3, 0.4) is 0 Å². The number of aromatic amines is 1. The van der Waals surface area contributed by atoms with Crippen LogP contribution in [-0.4, -0.2) is 55.9 Å². The number of imidazole rings is 1. The van der Waals surface area contributed by atoms with Gasteiger partial charge in [-0.1, -0.05) is 58.2 Å². The molecule has 8 nitrogen and oxygen atoms in total. The van der Waals surface area contributed by atoms with E-state index in [9.17, 15) is 4.79 Å². The zero-order valence-electron chi connectivity index (χ0n) is 23.3. The number of hydrogen-bond donors (Lipinski definition) is 3. The van der Waals surface area contributed by atoms with Crippen molar-refractivity contribution in [1.29, 1.82) is 0 Å². The Morgan fingerprint density at radius 1 is 1.26 bits per heavy atom. The number of likely N-dealkylation sites (N-methyl/N-ethyl adjacent to an activating group) is 1. The van der Waals surface area contributed by atoms with Crippen LogP contribution < -0.4 is 15.4 Å². The quantitative estimate of drug-likeness (QED) is 0.150. The molecule has 6 rings (SSSR count). The van der Waals surface area contributed by atoms with Gasteiger partial charge in [0.05, 0.1) is 40.7 Å². The van der Waals surface area contributed by atoms with Crippen LogP contribution in [-0.2, 0) is 11.5 Å². The van der Waals surface area contributed by atoms with Crippen LogP contribution in [0.1, 0.15) is 37.2 Å². The van der Waals surface area contributed by atoms with Crippen molar-refractivity contribution in [2.75, 3.05) is 20.6 Å². The van der Waals surface area contributed by atoms with Crippen LogP contribution in [0.2, 0.25) is 0 Å². The molecule has 4 aromatic rings. The second-order valence-electron chi connectivity index (χ2n) is 10.5. The number of alkyl halides is 1. The van der Waals surface area contributed by atoms with E-state index in [4.69, 9.17) is 4.74 Å². The van der Waals surface area contributed by atoms with Gasteiger partial charge in [0, 0.05) is 38.2 Å². The van der Waals surface area contributed by atoms with Gasteiger partial charge in [0.2, 0.25) is 5.91 Å². The third-order valence-electron chi connectivity index (χ3n) is 8.13. The molecule has 3 atom stereocenters. The smallest absolute Gasteiger partial charge is 0.241 e. The number of aromatic nitrogens is 3. The van der Waals surface area contributed by atoms with Crippen LogP contribution in [0.25, 0.3) is 39.1 Å². The Kier molecular flexibility index (Phi) is 8.21. The maximum Gasteiger partial charge on any atom is 0.241 e. The summed E-state index contributed by atoms with van der Waals surface area (Å²) >= 11 is 4.40. The van der Waals surface area contributed by atoms with E-state index in [1.54, 1.807) is 29.9 Å². The maximum absolute atomic E-state index is 15.9. The summed E-state index contributed by atoms with van der Waals surface area (Å²) in [5.74, 6) is -0.0960. The fraction of sp³-hybridized carbons (Fsp3) is 0.333. The van der Waals surface area contributed by atoms with E-state index in [0.29, 0.717) is 34.5 Å². The number of ether oxygens (including phenoxy) is 1. The average Bonchev–Trinajstić information content (AvgIpc) is 3.72. The van der Waals surface area contributed by atoms with E-state index in [1.165, 1.54) is 6.07 Å². The Bertz CT molecular complexity index is 1720. The van der Waals surface area contributed by atoms with E-state index in [-0.39, 0.29) is 45.7 Å². The van der Waals surface area contributed by atoms with Gasteiger partial charge >= 0.3 is 0 Å². The molecular weight excluding hydrogens is 768 g/mol. The highest BCUT2D eigenvalue weighted by molar-refractivity contribution is 14.1. The number of fused-ring (bicyclic) bond motifs is 5. The maximum atomic E-state index is 15.9. The Labute approximate surface area is 269 Å². The molecular formula is C30H30F2I2N6O2. The molecule has 0 aliphatic carbocycles. The van der Waals surface area contributed by atoms with Gasteiger partial charge in [-0.05, 0) is 49.7 Å². The molecule has 220 valence electrons. The molecule has 1 saturated heterocycles. The second-order valence-corrected chi connectivity index (χ2v) is 13.1. The van der Waals surface area contributed by atoms with Gasteiger partial charge in [0.25, 0.3) is 0 Å². The molecule has 2 aromatic carbocycles. The number of rotatable bonds is 7. The molecule has 1 fully saturated rings. The first-order valence-electron chi connectivity index (χ1n) is 13.7. The summed E-state index contributed by atoms with van der Waals surface area (Å²) in [6, 6.07) is 8.12. The molecule has 1 unspecified atom stereocenters. The summed E-state index contributed by atoms with van der Waals surface area (Å²) in [6.45, 7) is 2.73. The minimum Gasteiger partial charge on any atom is -0.472 e.